The highest BCUT2D eigenvalue weighted by Gasteiger charge is 2.57. The van der Waals surface area contributed by atoms with Gasteiger partial charge >= 0.3 is 0 Å². The number of epoxide rings is 1. The van der Waals surface area contributed by atoms with Gasteiger partial charge in [-0.2, -0.15) is 0 Å². The molecular weight excluding hydrogens is 162 g/mol. The van der Waals surface area contributed by atoms with Crippen LogP contribution in [0, 0.1) is 5.41 Å². The molecule has 1 atom stereocenters. The molecule has 0 saturated carbocycles. The molecule has 0 bridgehead atoms. The minimum absolute atomic E-state index is 0.262. The Hall–Kier alpha value is -0.340. The van der Waals surface area contributed by atoms with Gasteiger partial charge in [0.25, 0.3) is 0 Å². The van der Waals surface area contributed by atoms with Gasteiger partial charge in [0, 0.05) is 12.0 Å². The van der Waals surface area contributed by atoms with E-state index in [1.165, 1.54) is 6.42 Å². The summed E-state index contributed by atoms with van der Waals surface area (Å²) in [6.07, 6.45) is 2.94. The number of piperidine rings is 1. The molecule has 76 valence electrons. The van der Waals surface area contributed by atoms with E-state index >= 15 is 0 Å². The lowest BCUT2D eigenvalue weighted by Gasteiger charge is -2.36. The van der Waals surface area contributed by atoms with Crippen molar-refractivity contribution in [2.45, 2.75) is 32.8 Å². The van der Waals surface area contributed by atoms with Crippen LogP contribution in [0.2, 0.25) is 0 Å². The summed E-state index contributed by atoms with van der Waals surface area (Å²) in [4.78, 5) is 0. The monoisotopic (exact) mass is 183 g/mol. The molecule has 1 spiro atoms. The molecule has 2 saturated heterocycles. The molecule has 1 N–H and O–H groups in total. The Labute approximate surface area is 81.4 Å². The zero-order chi connectivity index (χ0) is 9.95. The first-order chi connectivity index (χ1) is 6.08. The van der Waals surface area contributed by atoms with Gasteiger partial charge in [-0.05, 0) is 19.9 Å². The van der Waals surface area contributed by atoms with E-state index in [4.69, 9.17) is 4.74 Å². The number of hydrogen-bond acceptors (Lipinski definition) is 2. The van der Waals surface area contributed by atoms with Crippen LogP contribution in [0.3, 0.4) is 0 Å². The number of rotatable bonds is 0. The third-order valence-electron chi connectivity index (χ3n) is 3.00. The molecule has 2 heteroatoms. The molecular formula is C11H21NO. The summed E-state index contributed by atoms with van der Waals surface area (Å²) in [6, 6.07) is 0. The number of ether oxygens (including phenoxy) is 1. The highest BCUT2D eigenvalue weighted by atomic mass is 16.6. The van der Waals surface area contributed by atoms with Crippen LogP contribution in [0.4, 0.5) is 0 Å². The maximum absolute atomic E-state index is 5.51. The maximum Gasteiger partial charge on any atom is 0.0991 e. The Morgan fingerprint density at radius 1 is 1.46 bits per heavy atom. The highest BCUT2D eigenvalue weighted by Crippen LogP contribution is 2.48. The lowest BCUT2D eigenvalue weighted by Crippen LogP contribution is -2.48. The summed E-state index contributed by atoms with van der Waals surface area (Å²) in [5.74, 6) is 0. The van der Waals surface area contributed by atoms with E-state index in [9.17, 15) is 0 Å². The Kier molecular flexibility index (Phi) is 3.14. The first-order valence-corrected chi connectivity index (χ1v) is 5.00. The van der Waals surface area contributed by atoms with Gasteiger partial charge in [-0.1, -0.05) is 19.9 Å². The van der Waals surface area contributed by atoms with Crippen LogP contribution in [0.5, 0.6) is 0 Å². The molecule has 0 aromatic heterocycles. The van der Waals surface area contributed by atoms with Gasteiger partial charge in [0.15, 0.2) is 0 Å². The fraction of sp³-hybridized carbons (Fsp3) is 0.818. The second kappa shape index (κ2) is 3.81. The lowest BCUT2D eigenvalue weighted by molar-refractivity contribution is 0.0989. The van der Waals surface area contributed by atoms with E-state index in [-0.39, 0.29) is 5.60 Å². The lowest BCUT2D eigenvalue weighted by atomic mass is 9.75. The summed E-state index contributed by atoms with van der Waals surface area (Å²) in [5, 5.41) is 3.39. The van der Waals surface area contributed by atoms with Gasteiger partial charge < -0.3 is 10.1 Å². The molecule has 2 aliphatic rings. The summed E-state index contributed by atoms with van der Waals surface area (Å²) in [5.41, 5.74) is 0.615. The Morgan fingerprint density at radius 2 is 2.00 bits per heavy atom. The van der Waals surface area contributed by atoms with Crippen molar-refractivity contribution in [3.63, 3.8) is 0 Å². The summed E-state index contributed by atoms with van der Waals surface area (Å²) >= 11 is 0. The number of nitrogens with one attached hydrogen (secondary N) is 1. The molecule has 2 nitrogen and oxygen atoms in total. The van der Waals surface area contributed by atoms with Gasteiger partial charge in [0.1, 0.15) is 0 Å². The topological polar surface area (TPSA) is 24.6 Å². The normalized spacial score (nSPS) is 34.7. The molecule has 2 rings (SSSR count). The highest BCUT2D eigenvalue weighted by molar-refractivity contribution is 5.07. The molecule has 0 aliphatic carbocycles. The zero-order valence-corrected chi connectivity index (χ0v) is 9.02. The van der Waals surface area contributed by atoms with Gasteiger partial charge in [-0.25, -0.2) is 0 Å². The average molecular weight is 183 g/mol. The smallest absolute Gasteiger partial charge is 0.0991 e. The molecule has 2 heterocycles. The molecule has 13 heavy (non-hydrogen) atoms. The molecule has 2 aliphatic heterocycles. The maximum atomic E-state index is 5.51. The predicted molar refractivity (Wildman–Crippen MR) is 55.8 cm³/mol. The molecule has 2 fully saturated rings. The fourth-order valence-electron chi connectivity index (χ4n) is 1.81. The van der Waals surface area contributed by atoms with Gasteiger partial charge in [-0.3, -0.25) is 0 Å². The van der Waals surface area contributed by atoms with E-state index in [2.05, 4.69) is 25.7 Å². The van der Waals surface area contributed by atoms with Gasteiger partial charge in [0.05, 0.1) is 12.2 Å². The van der Waals surface area contributed by atoms with Crippen molar-refractivity contribution in [1.29, 1.82) is 0 Å². The van der Waals surface area contributed by atoms with Crippen molar-refractivity contribution in [1.82, 2.24) is 5.32 Å². The second-order valence-electron chi connectivity index (χ2n) is 4.50. The quantitative estimate of drug-likeness (QED) is 0.458. The number of allylic oxidation sites excluding steroid dienone is 1. The van der Waals surface area contributed by atoms with Crippen LogP contribution in [-0.4, -0.2) is 25.3 Å². The number of hydrogen-bond donors (Lipinski definition) is 1. The van der Waals surface area contributed by atoms with Crippen molar-refractivity contribution in [3.05, 3.63) is 12.7 Å². The Bertz CT molecular complexity index is 177. The first-order valence-electron chi connectivity index (χ1n) is 5.00. The molecule has 0 aromatic rings. The van der Waals surface area contributed by atoms with E-state index in [0.717, 1.165) is 19.7 Å². The standard InChI is InChI=1S/C8H15NO.C3H6/c1-7(2)5-9-4-3-8(7)6-10-8;1-3-2/h9H,3-6H2,1-2H3;3H,1H2,2H3. The molecule has 1 unspecified atom stereocenters. The van der Waals surface area contributed by atoms with Crippen LogP contribution in [-0.2, 0) is 4.74 Å². The minimum atomic E-state index is 0.262. The van der Waals surface area contributed by atoms with Crippen LogP contribution < -0.4 is 5.32 Å². The van der Waals surface area contributed by atoms with Crippen molar-refractivity contribution in [2.75, 3.05) is 19.7 Å². The summed E-state index contributed by atoms with van der Waals surface area (Å²) in [6.45, 7) is 13.0. The predicted octanol–water partition coefficient (Wildman–Crippen LogP) is 1.97. The van der Waals surface area contributed by atoms with Gasteiger partial charge in [0.2, 0.25) is 0 Å². The third-order valence-corrected chi connectivity index (χ3v) is 3.00. The first kappa shape index (κ1) is 10.7. The Balaban J connectivity index is 0.000000251. The van der Waals surface area contributed by atoms with Crippen molar-refractivity contribution >= 4 is 0 Å². The van der Waals surface area contributed by atoms with E-state index in [0.29, 0.717) is 5.41 Å². The van der Waals surface area contributed by atoms with Crippen molar-refractivity contribution in [2.24, 2.45) is 5.41 Å². The Morgan fingerprint density at radius 3 is 2.31 bits per heavy atom. The molecule has 0 amide bonds. The zero-order valence-electron chi connectivity index (χ0n) is 9.02. The van der Waals surface area contributed by atoms with E-state index in [1.807, 2.05) is 6.92 Å². The summed E-state index contributed by atoms with van der Waals surface area (Å²) < 4.78 is 5.51. The molecule has 0 radical (unpaired) electrons. The average Bonchev–Trinajstić information content (AvgIpc) is 2.79. The summed E-state index contributed by atoms with van der Waals surface area (Å²) in [7, 11) is 0. The van der Waals surface area contributed by atoms with Crippen LogP contribution in [0.15, 0.2) is 12.7 Å². The van der Waals surface area contributed by atoms with Crippen molar-refractivity contribution < 1.29 is 4.74 Å². The largest absolute Gasteiger partial charge is 0.369 e. The van der Waals surface area contributed by atoms with Crippen LogP contribution in [0.25, 0.3) is 0 Å². The van der Waals surface area contributed by atoms with E-state index in [1.54, 1.807) is 6.08 Å². The van der Waals surface area contributed by atoms with Crippen LogP contribution in [0.1, 0.15) is 27.2 Å². The minimum Gasteiger partial charge on any atom is -0.369 e. The fourth-order valence-corrected chi connectivity index (χ4v) is 1.81. The van der Waals surface area contributed by atoms with Crippen LogP contribution >= 0.6 is 0 Å². The molecule has 0 aromatic carbocycles. The third kappa shape index (κ3) is 2.12. The van der Waals surface area contributed by atoms with Gasteiger partial charge in [-0.15, -0.1) is 6.58 Å². The second-order valence-corrected chi connectivity index (χ2v) is 4.50. The van der Waals surface area contributed by atoms with E-state index < -0.39 is 0 Å². The SMILES string of the molecule is C=CC.CC1(C)CNCCC12CO2. The van der Waals surface area contributed by atoms with Crippen molar-refractivity contribution in [3.8, 4) is 0 Å².